The second-order valence-electron chi connectivity index (χ2n) is 8.27. The molecule has 1 N–H and O–H groups in total. The third kappa shape index (κ3) is 3.56. The SMILES string of the molecule is Cc1ccc([C@H]2c3cccn3-c3ccccc3CN2C(=O)Nc2ccc(C)c(F)c2)cc1. The summed E-state index contributed by atoms with van der Waals surface area (Å²) >= 11 is 0. The van der Waals surface area contributed by atoms with Crippen LogP contribution in [0, 0.1) is 19.7 Å². The fourth-order valence-corrected chi connectivity index (χ4v) is 4.30. The maximum absolute atomic E-state index is 14.1. The van der Waals surface area contributed by atoms with E-state index in [0.717, 1.165) is 28.1 Å². The second kappa shape index (κ2) is 8.00. The molecule has 0 bridgehead atoms. The molecular formula is C27H24FN3O. The molecule has 0 saturated carbocycles. The van der Waals surface area contributed by atoms with Crippen molar-refractivity contribution in [1.82, 2.24) is 9.47 Å². The van der Waals surface area contributed by atoms with Crippen LogP contribution >= 0.6 is 0 Å². The summed E-state index contributed by atoms with van der Waals surface area (Å²) in [6.07, 6.45) is 2.03. The molecule has 0 unspecified atom stereocenters. The molecule has 1 aliphatic heterocycles. The molecule has 2 heterocycles. The molecule has 0 spiro atoms. The molecule has 3 aromatic carbocycles. The number of carbonyl (C=O) groups excluding carboxylic acids is 1. The molecular weight excluding hydrogens is 401 g/mol. The lowest BCUT2D eigenvalue weighted by molar-refractivity contribution is 0.194. The average Bonchev–Trinajstić information content (AvgIpc) is 3.21. The summed E-state index contributed by atoms with van der Waals surface area (Å²) in [5.41, 5.74) is 6.27. The number of rotatable bonds is 2. The van der Waals surface area contributed by atoms with E-state index in [0.29, 0.717) is 17.8 Å². The molecule has 0 fully saturated rings. The van der Waals surface area contributed by atoms with Crippen molar-refractivity contribution >= 4 is 11.7 Å². The lowest BCUT2D eigenvalue weighted by atomic mass is 10.0. The fourth-order valence-electron chi connectivity index (χ4n) is 4.30. The number of amides is 2. The number of para-hydroxylation sites is 1. The van der Waals surface area contributed by atoms with Gasteiger partial charge in [0.25, 0.3) is 0 Å². The summed E-state index contributed by atoms with van der Waals surface area (Å²) in [6, 6.07) is 24.6. The molecule has 0 aliphatic carbocycles. The van der Waals surface area contributed by atoms with Crippen LogP contribution in [0.2, 0.25) is 0 Å². The van der Waals surface area contributed by atoms with Crippen LogP contribution in [-0.2, 0) is 6.54 Å². The molecule has 1 aliphatic rings. The number of aromatic nitrogens is 1. The van der Waals surface area contributed by atoms with Crippen molar-refractivity contribution in [3.63, 3.8) is 0 Å². The molecule has 4 nitrogen and oxygen atoms in total. The van der Waals surface area contributed by atoms with Gasteiger partial charge in [-0.15, -0.1) is 0 Å². The lowest BCUT2D eigenvalue weighted by Gasteiger charge is -2.31. The van der Waals surface area contributed by atoms with Crippen LogP contribution in [-0.4, -0.2) is 15.5 Å². The van der Waals surface area contributed by atoms with Crippen molar-refractivity contribution in [3.05, 3.63) is 119 Å². The van der Waals surface area contributed by atoms with E-state index >= 15 is 0 Å². The topological polar surface area (TPSA) is 37.3 Å². The summed E-state index contributed by atoms with van der Waals surface area (Å²) in [4.78, 5) is 15.4. The zero-order valence-corrected chi connectivity index (χ0v) is 18.0. The second-order valence-corrected chi connectivity index (χ2v) is 8.27. The normalized spacial score (nSPS) is 15.0. The van der Waals surface area contributed by atoms with Gasteiger partial charge in [-0.1, -0.05) is 54.1 Å². The quantitative estimate of drug-likeness (QED) is 0.398. The first-order valence-corrected chi connectivity index (χ1v) is 10.7. The minimum absolute atomic E-state index is 0.275. The Hall–Kier alpha value is -3.86. The first-order chi connectivity index (χ1) is 15.5. The van der Waals surface area contributed by atoms with Crippen molar-refractivity contribution < 1.29 is 9.18 Å². The molecule has 0 saturated heterocycles. The minimum Gasteiger partial charge on any atom is -0.318 e. The summed E-state index contributed by atoms with van der Waals surface area (Å²) in [5.74, 6) is -0.340. The van der Waals surface area contributed by atoms with Crippen LogP contribution in [0.3, 0.4) is 0 Å². The van der Waals surface area contributed by atoms with Gasteiger partial charge in [-0.25, -0.2) is 9.18 Å². The molecule has 1 aromatic heterocycles. The van der Waals surface area contributed by atoms with Crippen molar-refractivity contribution in [2.45, 2.75) is 26.4 Å². The van der Waals surface area contributed by atoms with E-state index in [-0.39, 0.29) is 17.9 Å². The van der Waals surface area contributed by atoms with Gasteiger partial charge in [0.2, 0.25) is 0 Å². The van der Waals surface area contributed by atoms with E-state index in [4.69, 9.17) is 0 Å². The van der Waals surface area contributed by atoms with E-state index in [1.165, 1.54) is 6.07 Å². The van der Waals surface area contributed by atoms with E-state index < -0.39 is 0 Å². The van der Waals surface area contributed by atoms with Crippen molar-refractivity contribution in [2.75, 3.05) is 5.32 Å². The molecule has 1 atom stereocenters. The molecule has 0 radical (unpaired) electrons. The minimum atomic E-state index is -0.340. The first kappa shape index (κ1) is 20.1. The van der Waals surface area contributed by atoms with Crippen molar-refractivity contribution in [3.8, 4) is 5.69 Å². The Labute approximate surface area is 186 Å². The lowest BCUT2D eigenvalue weighted by Crippen LogP contribution is -2.38. The zero-order chi connectivity index (χ0) is 22.2. The van der Waals surface area contributed by atoms with Crippen LogP contribution in [0.15, 0.2) is 85.1 Å². The highest BCUT2D eigenvalue weighted by atomic mass is 19.1. The van der Waals surface area contributed by atoms with E-state index in [2.05, 4.69) is 46.3 Å². The van der Waals surface area contributed by atoms with E-state index in [1.807, 2.05) is 42.3 Å². The average molecular weight is 426 g/mol. The number of aryl methyl sites for hydroxylation is 2. The Morgan fingerprint density at radius 3 is 2.53 bits per heavy atom. The number of nitrogens with zero attached hydrogens (tertiary/aromatic N) is 2. The number of hydrogen-bond acceptors (Lipinski definition) is 1. The molecule has 160 valence electrons. The summed E-state index contributed by atoms with van der Waals surface area (Å²) in [5, 5.41) is 2.91. The van der Waals surface area contributed by atoms with Crippen LogP contribution in [0.25, 0.3) is 5.69 Å². The van der Waals surface area contributed by atoms with Crippen molar-refractivity contribution in [2.24, 2.45) is 0 Å². The first-order valence-electron chi connectivity index (χ1n) is 10.7. The van der Waals surface area contributed by atoms with E-state index in [9.17, 15) is 9.18 Å². The number of urea groups is 1. The highest BCUT2D eigenvalue weighted by Crippen LogP contribution is 2.37. The zero-order valence-electron chi connectivity index (χ0n) is 18.0. The maximum Gasteiger partial charge on any atom is 0.322 e. The number of nitrogens with one attached hydrogen (secondary N) is 1. The Bertz CT molecular complexity index is 1290. The van der Waals surface area contributed by atoms with Gasteiger partial charge in [0.15, 0.2) is 0 Å². The Kier molecular flexibility index (Phi) is 5.02. The highest BCUT2D eigenvalue weighted by Gasteiger charge is 2.33. The molecule has 2 amide bonds. The van der Waals surface area contributed by atoms with Crippen LogP contribution in [0.4, 0.5) is 14.9 Å². The van der Waals surface area contributed by atoms with Gasteiger partial charge in [0.1, 0.15) is 5.82 Å². The monoisotopic (exact) mass is 425 g/mol. The Morgan fingerprint density at radius 2 is 1.75 bits per heavy atom. The summed E-state index contributed by atoms with van der Waals surface area (Å²) in [7, 11) is 0. The van der Waals surface area contributed by atoms with Crippen LogP contribution in [0.1, 0.15) is 34.0 Å². The highest BCUT2D eigenvalue weighted by molar-refractivity contribution is 5.90. The van der Waals surface area contributed by atoms with Crippen LogP contribution in [0.5, 0.6) is 0 Å². The molecule has 5 heteroatoms. The molecule has 5 rings (SSSR count). The number of benzene rings is 3. The van der Waals surface area contributed by atoms with Gasteiger partial charge < -0.3 is 14.8 Å². The third-order valence-electron chi connectivity index (χ3n) is 6.04. The van der Waals surface area contributed by atoms with E-state index in [1.54, 1.807) is 19.1 Å². The standard InChI is InChI=1S/C27H24FN3O/c1-18-9-12-20(13-10-18)26-25-8-5-15-30(25)24-7-4-3-6-21(24)17-31(26)27(32)29-22-14-11-19(2)23(28)16-22/h3-16,26H,17H2,1-2H3,(H,29,32)/t26-/m0/s1. The van der Waals surface area contributed by atoms with Crippen LogP contribution < -0.4 is 5.32 Å². The van der Waals surface area contributed by atoms with Gasteiger partial charge in [-0.2, -0.15) is 0 Å². The van der Waals surface area contributed by atoms with Gasteiger partial charge in [-0.3, -0.25) is 0 Å². The predicted octanol–water partition coefficient (Wildman–Crippen LogP) is 6.37. The largest absolute Gasteiger partial charge is 0.322 e. The Balaban J connectivity index is 1.61. The maximum atomic E-state index is 14.1. The fraction of sp³-hybridized carbons (Fsp3) is 0.148. The third-order valence-corrected chi connectivity index (χ3v) is 6.04. The Morgan fingerprint density at radius 1 is 0.969 bits per heavy atom. The van der Waals surface area contributed by atoms with Gasteiger partial charge in [0, 0.05) is 17.6 Å². The molecule has 32 heavy (non-hydrogen) atoms. The van der Waals surface area contributed by atoms with Gasteiger partial charge in [0.05, 0.1) is 18.3 Å². The number of fused-ring (bicyclic) bond motifs is 3. The summed E-state index contributed by atoms with van der Waals surface area (Å²) in [6.45, 7) is 4.18. The number of hydrogen-bond donors (Lipinski definition) is 1. The number of halogens is 1. The number of anilines is 1. The predicted molar refractivity (Wildman–Crippen MR) is 124 cm³/mol. The van der Waals surface area contributed by atoms with Gasteiger partial charge >= 0.3 is 6.03 Å². The molecule has 4 aromatic rings. The number of carbonyl (C=O) groups is 1. The summed E-state index contributed by atoms with van der Waals surface area (Å²) < 4.78 is 16.3. The smallest absolute Gasteiger partial charge is 0.318 e. The van der Waals surface area contributed by atoms with Crippen molar-refractivity contribution in [1.29, 1.82) is 0 Å². The van der Waals surface area contributed by atoms with Gasteiger partial charge in [-0.05, 0) is 60.9 Å².